The summed E-state index contributed by atoms with van der Waals surface area (Å²) in [6.07, 6.45) is -2.41. The first-order chi connectivity index (χ1) is 8.43. The van der Waals surface area contributed by atoms with E-state index in [-0.39, 0.29) is 12.5 Å². The fraction of sp³-hybridized carbons (Fsp3) is 0.667. The standard InChI is InChI=1S/C12H20F2N4/c1-8(2)12-16-9(3)6-11(17-12)18(5-4-15)7-10(13)14/h6,8,10H,4-5,7,15H2,1-3H3. The van der Waals surface area contributed by atoms with Gasteiger partial charge in [-0.15, -0.1) is 0 Å². The lowest BCUT2D eigenvalue weighted by atomic mass is 10.2. The summed E-state index contributed by atoms with van der Waals surface area (Å²) in [5.41, 5.74) is 6.23. The van der Waals surface area contributed by atoms with Crippen molar-refractivity contribution in [1.82, 2.24) is 9.97 Å². The molecule has 1 rings (SSSR count). The fourth-order valence-corrected chi connectivity index (χ4v) is 1.62. The van der Waals surface area contributed by atoms with Crippen molar-refractivity contribution >= 4 is 5.82 Å². The van der Waals surface area contributed by atoms with E-state index in [0.29, 0.717) is 24.7 Å². The molecule has 2 N–H and O–H groups in total. The molecule has 18 heavy (non-hydrogen) atoms. The summed E-state index contributed by atoms with van der Waals surface area (Å²) >= 11 is 0. The molecule has 6 heteroatoms. The average Bonchev–Trinajstić information content (AvgIpc) is 2.27. The molecule has 4 nitrogen and oxygen atoms in total. The molecule has 0 spiro atoms. The van der Waals surface area contributed by atoms with Crippen LogP contribution in [-0.4, -0.2) is 36.0 Å². The van der Waals surface area contributed by atoms with E-state index >= 15 is 0 Å². The van der Waals surface area contributed by atoms with Gasteiger partial charge < -0.3 is 10.6 Å². The number of hydrogen-bond acceptors (Lipinski definition) is 4. The second-order valence-electron chi connectivity index (χ2n) is 4.51. The van der Waals surface area contributed by atoms with E-state index in [1.165, 1.54) is 4.90 Å². The van der Waals surface area contributed by atoms with Gasteiger partial charge in [-0.05, 0) is 6.92 Å². The normalized spacial score (nSPS) is 11.3. The number of aryl methyl sites for hydroxylation is 1. The van der Waals surface area contributed by atoms with E-state index < -0.39 is 6.43 Å². The lowest BCUT2D eigenvalue weighted by Crippen LogP contribution is -2.34. The maximum Gasteiger partial charge on any atom is 0.255 e. The lowest BCUT2D eigenvalue weighted by molar-refractivity contribution is 0.154. The topological polar surface area (TPSA) is 55.0 Å². The lowest BCUT2D eigenvalue weighted by Gasteiger charge is -2.23. The molecule has 1 aromatic rings. The minimum atomic E-state index is -2.41. The third kappa shape index (κ3) is 4.18. The highest BCUT2D eigenvalue weighted by atomic mass is 19.3. The molecular weight excluding hydrogens is 238 g/mol. The van der Waals surface area contributed by atoms with Gasteiger partial charge in [0.05, 0.1) is 6.54 Å². The molecule has 102 valence electrons. The summed E-state index contributed by atoms with van der Waals surface area (Å²) in [5.74, 6) is 1.35. The quantitative estimate of drug-likeness (QED) is 0.847. The Kier molecular flexibility index (Phi) is 5.40. The van der Waals surface area contributed by atoms with Crippen LogP contribution < -0.4 is 10.6 Å². The van der Waals surface area contributed by atoms with Crippen molar-refractivity contribution in [2.75, 3.05) is 24.5 Å². The molecule has 0 aromatic carbocycles. The summed E-state index contributed by atoms with van der Waals surface area (Å²) in [6.45, 7) is 6.09. The Bertz CT molecular complexity index is 382. The van der Waals surface area contributed by atoms with E-state index in [0.717, 1.165) is 5.69 Å². The Labute approximate surface area is 106 Å². The van der Waals surface area contributed by atoms with Crippen molar-refractivity contribution in [3.8, 4) is 0 Å². The number of halogens is 2. The van der Waals surface area contributed by atoms with Crippen LogP contribution in [0.25, 0.3) is 0 Å². The van der Waals surface area contributed by atoms with Crippen LogP contribution >= 0.6 is 0 Å². The molecule has 0 unspecified atom stereocenters. The molecular formula is C12H20F2N4. The number of rotatable bonds is 6. The molecule has 0 saturated carbocycles. The number of nitrogens with two attached hydrogens (primary N) is 1. The number of nitrogens with zero attached hydrogens (tertiary/aromatic N) is 3. The third-order valence-electron chi connectivity index (χ3n) is 2.46. The van der Waals surface area contributed by atoms with Gasteiger partial charge in [0.2, 0.25) is 0 Å². The van der Waals surface area contributed by atoms with Crippen LogP contribution in [0.2, 0.25) is 0 Å². The number of anilines is 1. The van der Waals surface area contributed by atoms with Crippen LogP contribution in [-0.2, 0) is 0 Å². The largest absolute Gasteiger partial charge is 0.350 e. The Morgan fingerprint density at radius 2 is 2.00 bits per heavy atom. The Morgan fingerprint density at radius 3 is 2.50 bits per heavy atom. The summed E-state index contributed by atoms with van der Waals surface area (Å²) in [4.78, 5) is 10.1. The van der Waals surface area contributed by atoms with Crippen LogP contribution in [0.1, 0.15) is 31.3 Å². The minimum Gasteiger partial charge on any atom is -0.350 e. The zero-order chi connectivity index (χ0) is 13.7. The van der Waals surface area contributed by atoms with Gasteiger partial charge in [0.25, 0.3) is 6.43 Å². The molecule has 0 aliphatic heterocycles. The van der Waals surface area contributed by atoms with Crippen molar-refractivity contribution in [1.29, 1.82) is 0 Å². The summed E-state index contributed by atoms with van der Waals surface area (Å²) < 4.78 is 25.1. The Hall–Kier alpha value is -1.30. The molecule has 0 aliphatic rings. The summed E-state index contributed by atoms with van der Waals surface area (Å²) in [7, 11) is 0. The zero-order valence-electron chi connectivity index (χ0n) is 11.0. The first-order valence-corrected chi connectivity index (χ1v) is 6.02. The maximum absolute atomic E-state index is 12.5. The van der Waals surface area contributed by atoms with Crippen molar-refractivity contribution in [3.05, 3.63) is 17.6 Å². The molecule has 0 aliphatic carbocycles. The van der Waals surface area contributed by atoms with E-state index in [1.807, 2.05) is 20.8 Å². The van der Waals surface area contributed by atoms with Gasteiger partial charge in [-0.3, -0.25) is 0 Å². The van der Waals surface area contributed by atoms with Crippen LogP contribution in [0.5, 0.6) is 0 Å². The van der Waals surface area contributed by atoms with Crippen molar-refractivity contribution < 1.29 is 8.78 Å². The van der Waals surface area contributed by atoms with Gasteiger partial charge in [0.1, 0.15) is 11.6 Å². The van der Waals surface area contributed by atoms with Crippen LogP contribution in [0.3, 0.4) is 0 Å². The number of hydrogen-bond donors (Lipinski definition) is 1. The monoisotopic (exact) mass is 258 g/mol. The second kappa shape index (κ2) is 6.58. The van der Waals surface area contributed by atoms with Crippen LogP contribution in [0, 0.1) is 6.92 Å². The Morgan fingerprint density at radius 1 is 1.33 bits per heavy atom. The van der Waals surface area contributed by atoms with Gasteiger partial charge >= 0.3 is 0 Å². The highest BCUT2D eigenvalue weighted by molar-refractivity contribution is 5.40. The van der Waals surface area contributed by atoms with Crippen LogP contribution in [0.4, 0.5) is 14.6 Å². The highest BCUT2D eigenvalue weighted by Crippen LogP contribution is 2.17. The Balaban J connectivity index is 3.02. The smallest absolute Gasteiger partial charge is 0.255 e. The zero-order valence-corrected chi connectivity index (χ0v) is 11.0. The molecule has 0 saturated heterocycles. The molecule has 1 aromatic heterocycles. The van der Waals surface area contributed by atoms with Gasteiger partial charge in [-0.25, -0.2) is 18.7 Å². The van der Waals surface area contributed by atoms with E-state index in [1.54, 1.807) is 6.07 Å². The second-order valence-corrected chi connectivity index (χ2v) is 4.51. The molecule has 0 atom stereocenters. The van der Waals surface area contributed by atoms with Crippen molar-refractivity contribution in [2.24, 2.45) is 5.73 Å². The van der Waals surface area contributed by atoms with E-state index in [4.69, 9.17) is 5.73 Å². The van der Waals surface area contributed by atoms with Crippen LogP contribution in [0.15, 0.2) is 6.07 Å². The van der Waals surface area contributed by atoms with Crippen molar-refractivity contribution in [2.45, 2.75) is 33.1 Å². The summed E-state index contributed by atoms with van der Waals surface area (Å²) in [5, 5.41) is 0. The third-order valence-corrected chi connectivity index (χ3v) is 2.46. The molecule has 0 bridgehead atoms. The summed E-state index contributed by atoms with van der Waals surface area (Å²) in [6, 6.07) is 1.71. The first-order valence-electron chi connectivity index (χ1n) is 6.02. The van der Waals surface area contributed by atoms with E-state index in [2.05, 4.69) is 9.97 Å². The molecule has 1 heterocycles. The predicted octanol–water partition coefficient (Wildman–Crippen LogP) is 1.94. The van der Waals surface area contributed by atoms with Gasteiger partial charge in [-0.1, -0.05) is 13.8 Å². The van der Waals surface area contributed by atoms with Gasteiger partial charge in [0, 0.05) is 30.8 Å². The highest BCUT2D eigenvalue weighted by Gasteiger charge is 2.15. The van der Waals surface area contributed by atoms with Gasteiger partial charge in [0.15, 0.2) is 0 Å². The maximum atomic E-state index is 12.5. The predicted molar refractivity (Wildman–Crippen MR) is 68.1 cm³/mol. The first kappa shape index (κ1) is 14.8. The average molecular weight is 258 g/mol. The van der Waals surface area contributed by atoms with E-state index in [9.17, 15) is 8.78 Å². The molecule has 0 radical (unpaired) electrons. The minimum absolute atomic E-state index is 0.162. The number of alkyl halides is 2. The fourth-order valence-electron chi connectivity index (χ4n) is 1.62. The van der Waals surface area contributed by atoms with Gasteiger partial charge in [-0.2, -0.15) is 0 Å². The SMILES string of the molecule is Cc1cc(N(CCN)CC(F)F)nc(C(C)C)n1. The number of aromatic nitrogens is 2. The molecule has 0 fully saturated rings. The van der Waals surface area contributed by atoms with Crippen molar-refractivity contribution in [3.63, 3.8) is 0 Å². The molecule has 0 amide bonds.